The third-order valence-electron chi connectivity index (χ3n) is 4.74. The van der Waals surface area contributed by atoms with E-state index in [4.69, 9.17) is 4.74 Å². The van der Waals surface area contributed by atoms with E-state index in [-0.39, 0.29) is 12.1 Å². The van der Waals surface area contributed by atoms with E-state index in [1.165, 1.54) is 25.7 Å². The first-order valence-corrected chi connectivity index (χ1v) is 8.84. The van der Waals surface area contributed by atoms with Crippen LogP contribution in [-0.4, -0.2) is 49.6 Å². The van der Waals surface area contributed by atoms with Gasteiger partial charge in [0.15, 0.2) is 5.96 Å². The molecule has 5 nitrogen and oxygen atoms in total. The van der Waals surface area contributed by atoms with Crippen LogP contribution in [-0.2, 0) is 9.53 Å². The van der Waals surface area contributed by atoms with Crippen molar-refractivity contribution in [1.82, 2.24) is 10.2 Å². The number of piperidine rings is 1. The normalized spacial score (nSPS) is 21.2. The maximum atomic E-state index is 11.8. The van der Waals surface area contributed by atoms with Crippen molar-refractivity contribution in [3.05, 3.63) is 0 Å². The van der Waals surface area contributed by atoms with Gasteiger partial charge in [0.05, 0.1) is 0 Å². The van der Waals surface area contributed by atoms with Gasteiger partial charge < -0.3 is 15.0 Å². The van der Waals surface area contributed by atoms with E-state index in [9.17, 15) is 4.79 Å². The van der Waals surface area contributed by atoms with E-state index in [2.05, 4.69) is 22.1 Å². The summed E-state index contributed by atoms with van der Waals surface area (Å²) in [5.74, 6) is 1.74. The number of likely N-dealkylation sites (tertiary alicyclic amines) is 1. The molecule has 0 amide bonds. The van der Waals surface area contributed by atoms with Gasteiger partial charge in [-0.2, -0.15) is 0 Å². The van der Waals surface area contributed by atoms with E-state index in [0.29, 0.717) is 6.42 Å². The van der Waals surface area contributed by atoms with E-state index in [0.717, 1.165) is 50.8 Å². The molecule has 2 rings (SSSR count). The van der Waals surface area contributed by atoms with Crippen LogP contribution in [0.15, 0.2) is 4.99 Å². The van der Waals surface area contributed by atoms with Crippen LogP contribution in [0.25, 0.3) is 0 Å². The number of esters is 1. The largest absolute Gasteiger partial charge is 0.462 e. The Kier molecular flexibility index (Phi) is 7.00. The Bertz CT molecular complexity index is 370. The van der Waals surface area contributed by atoms with Crippen LogP contribution in [0.2, 0.25) is 0 Å². The standard InChI is InChI=1S/C17H31N3O2/c1-14-9-12-20(13-10-14)17(18-2)19-11-5-8-16(21)22-15-6-3-4-7-15/h14-15H,3-13H2,1-2H3,(H,18,19). The van der Waals surface area contributed by atoms with Crippen molar-refractivity contribution >= 4 is 11.9 Å². The summed E-state index contributed by atoms with van der Waals surface area (Å²) in [7, 11) is 1.83. The fourth-order valence-corrected chi connectivity index (χ4v) is 3.24. The minimum Gasteiger partial charge on any atom is -0.462 e. The Balaban J connectivity index is 1.59. The zero-order valence-corrected chi connectivity index (χ0v) is 14.1. The van der Waals surface area contributed by atoms with Gasteiger partial charge in [-0.1, -0.05) is 6.92 Å². The summed E-state index contributed by atoms with van der Waals surface area (Å²) < 4.78 is 5.47. The molecule has 1 saturated carbocycles. The summed E-state index contributed by atoms with van der Waals surface area (Å²) in [6, 6.07) is 0. The molecule has 0 aromatic heterocycles. The van der Waals surface area contributed by atoms with Gasteiger partial charge in [-0.3, -0.25) is 9.79 Å². The Morgan fingerprint density at radius 1 is 1.23 bits per heavy atom. The molecule has 126 valence electrons. The number of hydrogen-bond donors (Lipinski definition) is 1. The summed E-state index contributed by atoms with van der Waals surface area (Å²) >= 11 is 0. The minimum atomic E-state index is -0.0458. The van der Waals surface area contributed by atoms with Crippen LogP contribution < -0.4 is 5.32 Å². The second-order valence-electron chi connectivity index (χ2n) is 6.64. The predicted molar refractivity (Wildman–Crippen MR) is 88.9 cm³/mol. The molecule has 0 bridgehead atoms. The topological polar surface area (TPSA) is 53.9 Å². The SMILES string of the molecule is CN=C(NCCCC(=O)OC1CCCC1)N1CCC(C)CC1. The molecular weight excluding hydrogens is 278 g/mol. The fourth-order valence-electron chi connectivity index (χ4n) is 3.24. The molecule has 0 aromatic carbocycles. The highest BCUT2D eigenvalue weighted by molar-refractivity contribution is 5.80. The highest BCUT2D eigenvalue weighted by Crippen LogP contribution is 2.21. The number of nitrogens with zero attached hydrogens (tertiary/aromatic N) is 2. The average molecular weight is 309 g/mol. The van der Waals surface area contributed by atoms with Gasteiger partial charge in [0.1, 0.15) is 6.10 Å². The lowest BCUT2D eigenvalue weighted by molar-refractivity contribution is -0.148. The molecule has 1 heterocycles. The fraction of sp³-hybridized carbons (Fsp3) is 0.882. The summed E-state index contributed by atoms with van der Waals surface area (Å²) in [4.78, 5) is 18.4. The smallest absolute Gasteiger partial charge is 0.306 e. The van der Waals surface area contributed by atoms with Crippen molar-refractivity contribution in [2.24, 2.45) is 10.9 Å². The van der Waals surface area contributed by atoms with Crippen LogP contribution in [0.3, 0.4) is 0 Å². The van der Waals surface area contributed by atoms with Crippen molar-refractivity contribution in [2.45, 2.75) is 64.4 Å². The lowest BCUT2D eigenvalue weighted by Crippen LogP contribution is -2.45. The molecule has 0 unspecified atom stereocenters. The molecule has 0 spiro atoms. The number of hydrogen-bond acceptors (Lipinski definition) is 3. The molecule has 5 heteroatoms. The first-order valence-electron chi connectivity index (χ1n) is 8.84. The quantitative estimate of drug-likeness (QED) is 0.367. The van der Waals surface area contributed by atoms with Gasteiger partial charge in [0.25, 0.3) is 0 Å². The Hall–Kier alpha value is -1.26. The maximum Gasteiger partial charge on any atom is 0.306 e. The Morgan fingerprint density at radius 2 is 1.91 bits per heavy atom. The minimum absolute atomic E-state index is 0.0458. The molecule has 0 atom stereocenters. The van der Waals surface area contributed by atoms with Crippen molar-refractivity contribution in [3.8, 4) is 0 Å². The Labute approximate surface area is 134 Å². The summed E-state index contributed by atoms with van der Waals surface area (Å²) in [6.45, 7) is 5.23. The zero-order chi connectivity index (χ0) is 15.8. The molecule has 2 aliphatic rings. The van der Waals surface area contributed by atoms with Gasteiger partial charge >= 0.3 is 5.97 Å². The molecule has 1 N–H and O–H groups in total. The first kappa shape index (κ1) is 17.1. The third-order valence-corrected chi connectivity index (χ3v) is 4.74. The lowest BCUT2D eigenvalue weighted by Gasteiger charge is -2.32. The number of nitrogens with one attached hydrogen (secondary N) is 1. The van der Waals surface area contributed by atoms with E-state index < -0.39 is 0 Å². The first-order chi connectivity index (χ1) is 10.7. The number of guanidine groups is 1. The molecule has 2 fully saturated rings. The highest BCUT2D eigenvalue weighted by atomic mass is 16.5. The summed E-state index contributed by atoms with van der Waals surface area (Å²) in [5.41, 5.74) is 0. The van der Waals surface area contributed by atoms with Crippen molar-refractivity contribution in [1.29, 1.82) is 0 Å². The van der Waals surface area contributed by atoms with Gasteiger partial charge in [0.2, 0.25) is 0 Å². The molecular formula is C17H31N3O2. The van der Waals surface area contributed by atoms with Gasteiger partial charge in [-0.15, -0.1) is 0 Å². The molecule has 1 saturated heterocycles. The lowest BCUT2D eigenvalue weighted by atomic mass is 10.00. The van der Waals surface area contributed by atoms with E-state index in [1.54, 1.807) is 0 Å². The Morgan fingerprint density at radius 3 is 2.55 bits per heavy atom. The molecule has 0 aromatic rings. The number of carbonyl (C=O) groups is 1. The predicted octanol–water partition coefficient (Wildman–Crippen LogP) is 2.56. The van der Waals surface area contributed by atoms with Crippen LogP contribution in [0.1, 0.15) is 58.3 Å². The number of rotatable bonds is 5. The van der Waals surface area contributed by atoms with Gasteiger partial charge in [-0.05, 0) is 50.9 Å². The number of ether oxygens (including phenoxy) is 1. The van der Waals surface area contributed by atoms with Crippen molar-refractivity contribution < 1.29 is 9.53 Å². The highest BCUT2D eigenvalue weighted by Gasteiger charge is 2.20. The summed E-state index contributed by atoms with van der Waals surface area (Å²) in [6.07, 6.45) is 8.43. The molecule has 0 radical (unpaired) electrons. The van der Waals surface area contributed by atoms with Crippen molar-refractivity contribution in [2.75, 3.05) is 26.7 Å². The van der Waals surface area contributed by atoms with Crippen LogP contribution in [0, 0.1) is 5.92 Å². The maximum absolute atomic E-state index is 11.8. The van der Waals surface area contributed by atoms with Gasteiger partial charge in [-0.25, -0.2) is 0 Å². The van der Waals surface area contributed by atoms with E-state index >= 15 is 0 Å². The second kappa shape index (κ2) is 9.01. The molecule has 1 aliphatic carbocycles. The van der Waals surface area contributed by atoms with Crippen molar-refractivity contribution in [3.63, 3.8) is 0 Å². The van der Waals surface area contributed by atoms with Crippen LogP contribution in [0.5, 0.6) is 0 Å². The van der Waals surface area contributed by atoms with E-state index in [1.807, 2.05) is 7.05 Å². The van der Waals surface area contributed by atoms with Gasteiger partial charge in [0, 0.05) is 33.1 Å². The molecule has 22 heavy (non-hydrogen) atoms. The second-order valence-corrected chi connectivity index (χ2v) is 6.64. The average Bonchev–Trinajstić information content (AvgIpc) is 3.01. The van der Waals surface area contributed by atoms with Crippen LogP contribution >= 0.6 is 0 Å². The summed E-state index contributed by atoms with van der Waals surface area (Å²) in [5, 5.41) is 3.37. The van der Waals surface area contributed by atoms with Crippen LogP contribution in [0.4, 0.5) is 0 Å². The number of aliphatic imine (C=N–C) groups is 1. The zero-order valence-electron chi connectivity index (χ0n) is 14.1. The third kappa shape index (κ3) is 5.50. The molecule has 1 aliphatic heterocycles. The number of carbonyl (C=O) groups excluding carboxylic acids is 1. The monoisotopic (exact) mass is 309 g/mol.